The topological polar surface area (TPSA) is 215 Å². The lowest BCUT2D eigenvalue weighted by molar-refractivity contribution is 0.0814. The zero-order valence-electron chi connectivity index (χ0n) is 75.6. The Kier molecular flexibility index (Phi) is 26.3. The normalized spacial score (nSPS) is 15.0. The highest BCUT2D eigenvalue weighted by atomic mass is 28.3. The van der Waals surface area contributed by atoms with Crippen molar-refractivity contribution in [1.29, 1.82) is 0 Å². The number of carbonyl (C=O) groups is 1. The summed E-state index contributed by atoms with van der Waals surface area (Å²) in [6.45, 7) is 44.1. The van der Waals surface area contributed by atoms with E-state index in [1.807, 2.05) is 70.0 Å². The Morgan fingerprint density at radius 3 is 1.13 bits per heavy atom. The second kappa shape index (κ2) is 37.2. The van der Waals surface area contributed by atoms with E-state index in [4.69, 9.17) is 68.5 Å². The first-order chi connectivity index (χ1) is 59.5. The van der Waals surface area contributed by atoms with Gasteiger partial charge >= 0.3 is 0 Å². The molecular weight excluding hydrogens is 1620 g/mol. The van der Waals surface area contributed by atoms with Gasteiger partial charge in [-0.05, 0) is 157 Å². The Bertz CT molecular complexity index is 5430. The van der Waals surface area contributed by atoms with Gasteiger partial charge in [0.05, 0.1) is 72.4 Å². The van der Waals surface area contributed by atoms with Crippen LogP contribution in [0.25, 0.3) is 67.1 Å². The zero-order chi connectivity index (χ0) is 86.8. The molecule has 6 aromatic heterocycles. The van der Waals surface area contributed by atoms with Crippen LogP contribution in [0.2, 0.25) is 103 Å². The number of hydrogen-bond acceptors (Lipinski definition) is 21. The second-order valence-corrected chi connectivity index (χ2v) is 61.1. The van der Waals surface area contributed by atoms with Crippen LogP contribution in [-0.2, 0) is 84.9 Å². The van der Waals surface area contributed by atoms with Crippen molar-refractivity contribution < 1.29 is 33.2 Å². The Morgan fingerprint density at radius 2 is 0.766 bits per heavy atom. The molecule has 0 atom stereocenters. The molecule has 4 aliphatic rings. The molecule has 0 radical (unpaired) electrons. The minimum atomic E-state index is -1.51. The lowest BCUT2D eigenvalue weighted by Gasteiger charge is -2.34. The van der Waals surface area contributed by atoms with Gasteiger partial charge in [-0.3, -0.25) is 4.79 Å². The molecule has 0 unspecified atom stereocenters. The van der Waals surface area contributed by atoms with Crippen LogP contribution in [0.4, 0.5) is 23.3 Å². The Hall–Kier alpha value is -10.1. The number of likely N-dealkylation sites (N-methyl/N-ethyl adjacent to an activating group) is 2. The zero-order valence-corrected chi connectivity index (χ0v) is 79.6. The molecule has 0 bridgehead atoms. The molecule has 6 aromatic carbocycles. The summed E-state index contributed by atoms with van der Waals surface area (Å²) in [4.78, 5) is 63.1. The number of para-hydroxylation sites is 2. The van der Waals surface area contributed by atoms with Crippen LogP contribution < -0.4 is 29.1 Å². The summed E-state index contributed by atoms with van der Waals surface area (Å²) in [5, 5.41) is 12.9. The summed E-state index contributed by atoms with van der Waals surface area (Å²) in [6.07, 6.45) is 5.16. The summed E-state index contributed by atoms with van der Waals surface area (Å²) >= 11 is 0. The molecule has 0 spiro atoms. The van der Waals surface area contributed by atoms with Crippen molar-refractivity contribution in [2.24, 2.45) is 0 Å². The van der Waals surface area contributed by atoms with Crippen LogP contribution in [0.1, 0.15) is 63.9 Å². The van der Waals surface area contributed by atoms with E-state index in [0.717, 1.165) is 191 Å². The minimum absolute atomic E-state index is 0.177. The Labute approximate surface area is 734 Å². The van der Waals surface area contributed by atoms with Gasteiger partial charge in [0.15, 0.2) is 34.7 Å². The predicted molar refractivity (Wildman–Crippen MR) is 508 cm³/mol. The number of nitrogens with zero attached hydrogens (tertiary/aromatic N) is 18. The number of piperazine rings is 2. The van der Waals surface area contributed by atoms with E-state index in [0.29, 0.717) is 87.5 Å². The number of ketones is 1. The van der Waals surface area contributed by atoms with Crippen molar-refractivity contribution in [2.75, 3.05) is 112 Å². The highest BCUT2D eigenvalue weighted by Crippen LogP contribution is 2.43. The maximum absolute atomic E-state index is 16.6. The summed E-state index contributed by atoms with van der Waals surface area (Å²) in [6, 6.07) is 49.9. The lowest BCUT2D eigenvalue weighted by Crippen LogP contribution is -2.45. The number of imidazole rings is 2. The van der Waals surface area contributed by atoms with Crippen LogP contribution >= 0.6 is 0 Å². The van der Waals surface area contributed by atoms with Crippen molar-refractivity contribution in [3.05, 3.63) is 191 Å². The maximum Gasteiger partial charge on any atom is 0.237 e. The number of aryl methyl sites for hydroxylation is 2. The summed E-state index contributed by atoms with van der Waals surface area (Å²) < 4.78 is 47.9. The van der Waals surface area contributed by atoms with Crippen molar-refractivity contribution >= 4 is 83.2 Å². The number of anilines is 4. The molecular formula is C95H124N18O7Si4. The van der Waals surface area contributed by atoms with E-state index in [2.05, 4.69) is 218 Å². The average Bonchev–Trinajstić information content (AvgIpc) is 1.58. The Morgan fingerprint density at radius 1 is 0.395 bits per heavy atom. The fourth-order valence-electron chi connectivity index (χ4n) is 16.4. The third-order valence-electron chi connectivity index (χ3n) is 24.1. The average molecular weight is 1740 g/mol. The third kappa shape index (κ3) is 20.4. The van der Waals surface area contributed by atoms with Crippen LogP contribution in [-0.4, -0.2) is 199 Å². The molecule has 0 amide bonds. The van der Waals surface area contributed by atoms with Crippen LogP contribution in [0, 0.1) is 0 Å². The molecule has 0 N–H and O–H groups in total. The number of hydrogen-bond donors (Lipinski definition) is 0. The molecule has 25 nitrogen and oxygen atoms in total. The first kappa shape index (κ1) is 87.4. The maximum atomic E-state index is 16.6. The molecule has 16 rings (SSSR count). The number of fused-ring (bicyclic) bond motifs is 4. The van der Waals surface area contributed by atoms with Crippen molar-refractivity contribution in [3.63, 3.8) is 0 Å². The molecule has 4 aliphatic heterocycles. The van der Waals surface area contributed by atoms with Gasteiger partial charge in [0.2, 0.25) is 5.78 Å². The SMILES string of the molecule is CCc1cc(Oc2ccccc2)ccc1-c1ccc2c(-c3nc4c(n3COCC[Si](C)(C)C)CN(c3nc(N5CCN(C)CC5)cnc3C(=O)c3ncc(N5CCN(C)CC5)nc3N3Cc5nc(-c6nn(COCC[Si](C)(C)C)c7cc(-c8ccc(Oc9ccccc9)cc8CC)ccc67)n(COCC[Si](C)(C)C)c5C3)C4)nn(COCC[Si](C)(C)C)c2c1. The fraction of sp³-hybridized carbons (Fsp3) is 0.442. The second-order valence-electron chi connectivity index (χ2n) is 38.7. The fourth-order valence-corrected chi connectivity index (χ4v) is 19.5. The minimum Gasteiger partial charge on any atom is -0.457 e. The van der Waals surface area contributed by atoms with Crippen LogP contribution in [0.15, 0.2) is 146 Å². The van der Waals surface area contributed by atoms with Gasteiger partial charge in [-0.25, -0.2) is 39.3 Å². The van der Waals surface area contributed by atoms with Crippen LogP contribution in [0.5, 0.6) is 23.0 Å². The highest BCUT2D eigenvalue weighted by Gasteiger charge is 2.39. The monoisotopic (exact) mass is 1740 g/mol. The van der Waals surface area contributed by atoms with Gasteiger partial charge in [-0.15, -0.1) is 0 Å². The molecule has 0 saturated carbocycles. The lowest BCUT2D eigenvalue weighted by atomic mass is 9.96. The molecule has 12 aromatic rings. The van der Waals surface area contributed by atoms with Gasteiger partial charge in [-0.2, -0.15) is 10.2 Å². The van der Waals surface area contributed by atoms with Crippen LogP contribution in [0.3, 0.4) is 0 Å². The van der Waals surface area contributed by atoms with E-state index >= 15 is 4.79 Å². The molecule has 124 heavy (non-hydrogen) atoms. The van der Waals surface area contributed by atoms with Gasteiger partial charge in [-0.1, -0.05) is 153 Å². The third-order valence-corrected chi connectivity index (χ3v) is 30.9. The smallest absolute Gasteiger partial charge is 0.237 e. The molecule has 29 heteroatoms. The van der Waals surface area contributed by atoms with E-state index in [9.17, 15) is 0 Å². The predicted octanol–water partition coefficient (Wildman–Crippen LogP) is 18.8. The Balaban J connectivity index is 0.766. The van der Waals surface area contributed by atoms with E-state index < -0.39 is 32.3 Å². The first-order valence-corrected chi connectivity index (χ1v) is 59.2. The number of aromatic nitrogens is 12. The van der Waals surface area contributed by atoms with Crippen molar-refractivity contribution in [1.82, 2.24) is 68.4 Å². The number of carbonyl (C=O) groups excluding carboxylic acids is 1. The van der Waals surface area contributed by atoms with E-state index in [-0.39, 0.29) is 44.1 Å². The first-order valence-electron chi connectivity index (χ1n) is 44.4. The molecule has 652 valence electrons. The summed E-state index contributed by atoms with van der Waals surface area (Å²) in [5.74, 6) is 6.48. The van der Waals surface area contributed by atoms with E-state index in [1.165, 1.54) is 11.1 Å². The van der Waals surface area contributed by atoms with Crippen molar-refractivity contribution in [2.45, 2.75) is 183 Å². The van der Waals surface area contributed by atoms with E-state index in [1.54, 1.807) is 12.4 Å². The molecule has 2 fully saturated rings. The summed E-state index contributed by atoms with van der Waals surface area (Å²) in [7, 11) is -1.56. The molecule has 0 aliphatic carbocycles. The number of ether oxygens (including phenoxy) is 6. The highest BCUT2D eigenvalue weighted by molar-refractivity contribution is 6.77. The van der Waals surface area contributed by atoms with Gasteiger partial charge in [0, 0.05) is 122 Å². The number of rotatable bonds is 36. The standard InChI is InChI=1S/C95H124N18O7Si4/c1-17-67-53-73(119-71-25-21-19-22-26-71)31-35-75(67)69-29-33-77-81(55-69)112(65-117-47-51-123(11,12)13)102-87(77)94-98-79-59-108(61-83(79)110(94)63-115-45-49-121(5,6)7)92-89(96-57-85(100-92)106-41-37-104(3)38-42-106)91(114)90-93(101-86(58-97-90)107-43-39-105(4)40-44-107)109-60-80-84(62-109)111(64-116-46-50-122(8,9)10)95(99-80)88-78-34-30-70(56-82(78)113(103-88)66-118-48-52-124(14,15)16)76-36-32-74(54-68(76)18-2)120-72-27-23-20-24-28-72/h19-36,53-58H,17-18,37-52,59-66H2,1-16H3. The largest absolute Gasteiger partial charge is 0.457 e. The van der Waals surface area contributed by atoms with Crippen molar-refractivity contribution in [3.8, 4) is 68.3 Å². The molecule has 10 heterocycles. The number of benzene rings is 6. The van der Waals surface area contributed by atoms with Gasteiger partial charge in [0.1, 0.15) is 72.9 Å². The van der Waals surface area contributed by atoms with Gasteiger partial charge < -0.3 is 67.0 Å². The summed E-state index contributed by atoms with van der Waals surface area (Å²) in [5.41, 5.74) is 14.0. The molecule has 2 saturated heterocycles. The van der Waals surface area contributed by atoms with Gasteiger partial charge in [0.25, 0.3) is 0 Å². The quantitative estimate of drug-likeness (QED) is 0.0203.